The average Bonchev–Trinajstić information content (AvgIpc) is 3.33. The highest BCUT2D eigenvalue weighted by atomic mass is 32.2. The van der Waals surface area contributed by atoms with Crippen molar-refractivity contribution < 1.29 is 63.0 Å². The number of hydrogen-bond donors (Lipinski definition) is 16. The standard InChI is InChI=1S/C44H72N16O13S/c1-23(2)35(60-39(69)28(15-18-74-3)56-40(70)29(20-31(46)61)58-38(68)27(13-14-34(64)65)54-33(63)22-53-32(62)21-45)41(71)57-26(12-8-17-52-44(49)50)36(66)55-25(11-7-16-51-43(47)48)37(67)59-30(42(72)73)19-24-9-5-4-6-10-24/h4-6,9-10,23,25-30,35H,7-8,11-22,45H2,1-3H3,(H2,46,61)(H,53,62)(H,54,63)(H,55,66)(H,56,70)(H,57,71)(H,58,68)(H,59,67)(H,60,69)(H,64,65)(H,72,73)(H4,47,48,51)(H4,49,50,52)/t25-,26-,27-,28-,29-,30-,35-/m0/s1. The van der Waals surface area contributed by atoms with E-state index in [-0.39, 0.29) is 69.3 Å². The molecule has 0 aliphatic heterocycles. The zero-order chi connectivity index (χ0) is 55.9. The monoisotopic (exact) mass is 1060 g/mol. The van der Waals surface area contributed by atoms with E-state index in [2.05, 4.69) is 52.5 Å². The van der Waals surface area contributed by atoms with Crippen molar-refractivity contribution >= 4 is 88.8 Å². The van der Waals surface area contributed by atoms with Crippen molar-refractivity contribution in [3.8, 4) is 0 Å². The van der Waals surface area contributed by atoms with Crippen LogP contribution in [0.1, 0.15) is 70.8 Å². The molecule has 0 radical (unpaired) electrons. The van der Waals surface area contributed by atoms with Gasteiger partial charge in [0.1, 0.15) is 42.3 Å². The Bertz CT molecular complexity index is 2140. The maximum atomic E-state index is 14.2. The lowest BCUT2D eigenvalue weighted by atomic mass is 10.0. The molecule has 0 heterocycles. The van der Waals surface area contributed by atoms with E-state index in [4.69, 9.17) is 34.4 Å². The maximum Gasteiger partial charge on any atom is 0.326 e. The fourth-order valence-electron chi connectivity index (χ4n) is 6.68. The molecule has 1 aromatic carbocycles. The predicted octanol–water partition coefficient (Wildman–Crippen LogP) is -5.96. The van der Waals surface area contributed by atoms with Crippen LogP contribution in [0.15, 0.2) is 40.3 Å². The summed E-state index contributed by atoms with van der Waals surface area (Å²) in [4.78, 5) is 151. The summed E-state index contributed by atoms with van der Waals surface area (Å²) >= 11 is 1.28. The molecule has 7 atom stereocenters. The van der Waals surface area contributed by atoms with Crippen LogP contribution >= 0.6 is 11.8 Å². The molecule has 30 heteroatoms. The van der Waals surface area contributed by atoms with Gasteiger partial charge in [-0.05, 0) is 62.0 Å². The summed E-state index contributed by atoms with van der Waals surface area (Å²) in [6.45, 7) is 2.10. The van der Waals surface area contributed by atoms with E-state index in [0.29, 0.717) is 5.56 Å². The van der Waals surface area contributed by atoms with E-state index in [1.165, 1.54) is 11.8 Å². The number of nitrogens with zero attached hydrogens (tertiary/aromatic N) is 2. The Labute approximate surface area is 431 Å². The van der Waals surface area contributed by atoms with Gasteiger partial charge in [0.2, 0.25) is 53.2 Å². The van der Waals surface area contributed by atoms with Crippen molar-refractivity contribution in [3.63, 3.8) is 0 Å². The lowest BCUT2D eigenvalue weighted by molar-refractivity contribution is -0.142. The predicted molar refractivity (Wildman–Crippen MR) is 272 cm³/mol. The van der Waals surface area contributed by atoms with Crippen LogP contribution in [0.2, 0.25) is 0 Å². The first kappa shape index (κ1) is 64.3. The van der Waals surface area contributed by atoms with Crippen molar-refractivity contribution in [2.24, 2.45) is 50.3 Å². The average molecular weight is 1070 g/mol. The fourth-order valence-corrected chi connectivity index (χ4v) is 7.15. The Morgan fingerprint density at radius 1 is 0.581 bits per heavy atom. The minimum atomic E-state index is -1.77. The lowest BCUT2D eigenvalue weighted by Crippen LogP contribution is -2.61. The number of primary amides is 1. The van der Waals surface area contributed by atoms with Crippen LogP contribution in [0.4, 0.5) is 0 Å². The van der Waals surface area contributed by atoms with Crippen molar-refractivity contribution in [1.82, 2.24) is 42.5 Å². The first-order valence-electron chi connectivity index (χ1n) is 23.3. The number of benzene rings is 1. The maximum absolute atomic E-state index is 14.2. The topological polar surface area (TPSA) is 505 Å². The van der Waals surface area contributed by atoms with E-state index < -0.39 is 146 Å². The summed E-state index contributed by atoms with van der Waals surface area (Å²) in [6.07, 6.45) is -0.344. The van der Waals surface area contributed by atoms with E-state index >= 15 is 0 Å². The third kappa shape index (κ3) is 26.6. The summed E-state index contributed by atoms with van der Waals surface area (Å²) in [6, 6.07) is -1.90. The first-order valence-corrected chi connectivity index (χ1v) is 24.7. The van der Waals surface area contributed by atoms with Crippen LogP contribution in [0.5, 0.6) is 0 Å². The SMILES string of the molecule is CSCC[C@H](NC(=O)[C@H](CC(N)=O)NC(=O)[C@H](CCC(=O)O)NC(=O)CNC(=O)CN)C(=O)N[C@H](C(=O)N[C@@H](CCCN=C(N)N)C(=O)N[C@@H](CCCN=C(N)N)C(=O)N[C@@H](Cc1ccccc1)C(=O)O)C(C)C. The molecule has 0 aromatic heterocycles. The van der Waals surface area contributed by atoms with Gasteiger partial charge in [0.15, 0.2) is 11.9 Å². The van der Waals surface area contributed by atoms with Gasteiger partial charge in [-0.15, -0.1) is 0 Å². The van der Waals surface area contributed by atoms with E-state index in [0.717, 1.165) is 0 Å². The zero-order valence-corrected chi connectivity index (χ0v) is 42.4. The van der Waals surface area contributed by atoms with Crippen molar-refractivity contribution in [3.05, 3.63) is 35.9 Å². The Morgan fingerprint density at radius 2 is 1.04 bits per heavy atom. The van der Waals surface area contributed by atoms with Crippen LogP contribution in [0, 0.1) is 5.92 Å². The van der Waals surface area contributed by atoms with Crippen LogP contribution in [0.25, 0.3) is 0 Å². The Balaban J connectivity index is 3.49. The van der Waals surface area contributed by atoms with Crippen LogP contribution in [-0.4, -0.2) is 168 Å². The highest BCUT2D eigenvalue weighted by Crippen LogP contribution is 2.11. The van der Waals surface area contributed by atoms with Crippen molar-refractivity contribution in [2.75, 3.05) is 38.2 Å². The minimum absolute atomic E-state index is 0.00899. The Hall–Kier alpha value is -7.76. The van der Waals surface area contributed by atoms with Gasteiger partial charge in [-0.25, -0.2) is 4.79 Å². The van der Waals surface area contributed by atoms with Crippen molar-refractivity contribution in [2.45, 2.75) is 114 Å². The molecule has 9 amide bonds. The second-order valence-electron chi connectivity index (χ2n) is 16.9. The number of carbonyl (C=O) groups is 11. The molecule has 29 nitrogen and oxygen atoms in total. The molecule has 0 unspecified atom stereocenters. The smallest absolute Gasteiger partial charge is 0.326 e. The van der Waals surface area contributed by atoms with Crippen LogP contribution in [0.3, 0.4) is 0 Å². The molecule has 22 N–H and O–H groups in total. The molecular weight excluding hydrogens is 993 g/mol. The van der Waals surface area contributed by atoms with Crippen molar-refractivity contribution in [1.29, 1.82) is 0 Å². The molecule has 0 saturated heterocycles. The highest BCUT2D eigenvalue weighted by molar-refractivity contribution is 7.98. The third-order valence-electron chi connectivity index (χ3n) is 10.5. The number of aliphatic carboxylic acids is 2. The molecule has 0 spiro atoms. The number of nitrogens with one attached hydrogen (secondary N) is 8. The first-order chi connectivity index (χ1) is 34.9. The summed E-state index contributed by atoms with van der Waals surface area (Å²) in [5.74, 6) is -12.1. The normalized spacial score (nSPS) is 13.6. The molecule has 412 valence electrons. The molecule has 0 aliphatic carbocycles. The number of nitrogens with two attached hydrogens (primary N) is 6. The molecule has 0 bridgehead atoms. The van der Waals surface area contributed by atoms with Crippen LogP contribution < -0.4 is 76.9 Å². The Kier molecular flexibility index (Phi) is 30.0. The summed E-state index contributed by atoms with van der Waals surface area (Å²) < 4.78 is 0. The molecule has 1 aromatic rings. The third-order valence-corrected chi connectivity index (χ3v) is 11.2. The lowest BCUT2D eigenvalue weighted by Gasteiger charge is -2.29. The molecule has 1 rings (SSSR count). The van der Waals surface area contributed by atoms with Gasteiger partial charge in [0.05, 0.1) is 19.5 Å². The second kappa shape index (κ2) is 34.6. The summed E-state index contributed by atoms with van der Waals surface area (Å²) in [5.41, 5.74) is 33.1. The molecule has 74 heavy (non-hydrogen) atoms. The number of carboxylic acid groups (broad SMARTS) is 2. The van der Waals surface area contributed by atoms with E-state index in [9.17, 15) is 63.0 Å². The number of carboxylic acids is 2. The van der Waals surface area contributed by atoms with Gasteiger partial charge in [-0.2, -0.15) is 11.8 Å². The van der Waals surface area contributed by atoms with Gasteiger partial charge in [-0.3, -0.25) is 57.9 Å². The van der Waals surface area contributed by atoms with Gasteiger partial charge in [-0.1, -0.05) is 44.2 Å². The number of guanidine groups is 2. The van der Waals surface area contributed by atoms with E-state index in [1.807, 2.05) is 0 Å². The summed E-state index contributed by atoms with van der Waals surface area (Å²) in [5, 5.41) is 38.7. The quantitative estimate of drug-likeness (QED) is 0.0169. The van der Waals surface area contributed by atoms with E-state index in [1.54, 1.807) is 50.4 Å². The molecule has 0 saturated carbocycles. The largest absolute Gasteiger partial charge is 0.481 e. The second-order valence-corrected chi connectivity index (χ2v) is 17.9. The number of amides is 9. The van der Waals surface area contributed by atoms with Gasteiger partial charge in [0, 0.05) is 25.9 Å². The molecule has 0 aliphatic rings. The molecular formula is C44H72N16O13S. The number of hydrogen-bond acceptors (Lipinski definition) is 15. The minimum Gasteiger partial charge on any atom is -0.481 e. The zero-order valence-electron chi connectivity index (χ0n) is 41.6. The number of thioether (sulfide) groups is 1. The fraction of sp³-hybridized carbons (Fsp3) is 0.568. The summed E-state index contributed by atoms with van der Waals surface area (Å²) in [7, 11) is 0. The molecule has 0 fully saturated rings. The van der Waals surface area contributed by atoms with Gasteiger partial charge < -0.3 is 87.1 Å². The highest BCUT2D eigenvalue weighted by Gasteiger charge is 2.35. The van der Waals surface area contributed by atoms with Gasteiger partial charge in [0.25, 0.3) is 0 Å². The number of rotatable bonds is 36. The Morgan fingerprint density at radius 3 is 1.50 bits per heavy atom. The number of aliphatic imine (C=N–C) groups is 2. The van der Waals surface area contributed by atoms with Gasteiger partial charge >= 0.3 is 11.9 Å². The number of carbonyl (C=O) groups excluding carboxylic acids is 9. The van der Waals surface area contributed by atoms with Crippen LogP contribution in [-0.2, 0) is 59.2 Å².